The number of aromatic nitrogens is 2. The molecule has 0 unspecified atom stereocenters. The standard InChI is InChI=1S/C18H26N4O/c1-18(2)13-21-16-12-15(4-5-17(16)23-18)6-8-19-7-3-10-22-11-9-20-14-22/h4-5,9,11-12,14,19,21H,3,6-8,10,13H2,1-2H3. The van der Waals surface area contributed by atoms with Crippen molar-refractivity contribution in [3.05, 3.63) is 42.5 Å². The van der Waals surface area contributed by atoms with Crippen molar-refractivity contribution in [2.24, 2.45) is 0 Å². The van der Waals surface area contributed by atoms with Gasteiger partial charge in [-0.05, 0) is 57.5 Å². The van der Waals surface area contributed by atoms with E-state index in [2.05, 4.69) is 52.2 Å². The fourth-order valence-corrected chi connectivity index (χ4v) is 2.76. The zero-order valence-corrected chi connectivity index (χ0v) is 14.0. The fraction of sp³-hybridized carbons (Fsp3) is 0.500. The van der Waals surface area contributed by atoms with Crippen molar-refractivity contribution in [3.8, 4) is 5.75 Å². The molecule has 2 aromatic rings. The molecule has 0 radical (unpaired) electrons. The monoisotopic (exact) mass is 314 g/mol. The third kappa shape index (κ3) is 4.48. The SMILES string of the molecule is CC1(C)CNc2cc(CCNCCCn3ccnc3)ccc2O1. The third-order valence-electron chi connectivity index (χ3n) is 4.05. The molecule has 5 heteroatoms. The van der Waals surface area contributed by atoms with Gasteiger partial charge in [0.25, 0.3) is 0 Å². The van der Waals surface area contributed by atoms with Crippen LogP contribution in [-0.4, -0.2) is 34.8 Å². The smallest absolute Gasteiger partial charge is 0.143 e. The van der Waals surface area contributed by atoms with Crippen molar-refractivity contribution in [2.45, 2.75) is 38.8 Å². The number of anilines is 1. The van der Waals surface area contributed by atoms with E-state index in [0.717, 1.165) is 50.5 Å². The number of imidazole rings is 1. The number of ether oxygens (including phenoxy) is 1. The Morgan fingerprint density at radius 1 is 1.35 bits per heavy atom. The Morgan fingerprint density at radius 3 is 3.09 bits per heavy atom. The van der Waals surface area contributed by atoms with Crippen LogP contribution in [-0.2, 0) is 13.0 Å². The van der Waals surface area contributed by atoms with Crippen LogP contribution in [0.1, 0.15) is 25.8 Å². The number of hydrogen-bond acceptors (Lipinski definition) is 4. The van der Waals surface area contributed by atoms with Gasteiger partial charge in [0.05, 0.1) is 18.6 Å². The van der Waals surface area contributed by atoms with Gasteiger partial charge in [-0.1, -0.05) is 6.07 Å². The van der Waals surface area contributed by atoms with Crippen LogP contribution in [0.3, 0.4) is 0 Å². The van der Waals surface area contributed by atoms with E-state index in [1.165, 1.54) is 5.56 Å². The molecule has 2 heterocycles. The van der Waals surface area contributed by atoms with Crippen LogP contribution in [0.25, 0.3) is 0 Å². The number of nitrogens with one attached hydrogen (secondary N) is 2. The summed E-state index contributed by atoms with van der Waals surface area (Å²) >= 11 is 0. The molecule has 0 atom stereocenters. The Kier molecular flexibility index (Phi) is 4.86. The minimum Gasteiger partial charge on any atom is -0.484 e. The van der Waals surface area contributed by atoms with Gasteiger partial charge in [0.15, 0.2) is 0 Å². The third-order valence-corrected chi connectivity index (χ3v) is 4.05. The molecular formula is C18H26N4O. The highest BCUT2D eigenvalue weighted by Crippen LogP contribution is 2.33. The van der Waals surface area contributed by atoms with Gasteiger partial charge in [0.2, 0.25) is 0 Å². The van der Waals surface area contributed by atoms with E-state index in [4.69, 9.17) is 4.74 Å². The van der Waals surface area contributed by atoms with Crippen molar-refractivity contribution in [2.75, 3.05) is 25.0 Å². The van der Waals surface area contributed by atoms with Crippen LogP contribution in [0.4, 0.5) is 5.69 Å². The zero-order valence-electron chi connectivity index (χ0n) is 14.0. The van der Waals surface area contributed by atoms with Crippen LogP contribution in [0.15, 0.2) is 36.9 Å². The molecule has 0 spiro atoms. The van der Waals surface area contributed by atoms with Gasteiger partial charge in [-0.3, -0.25) is 0 Å². The summed E-state index contributed by atoms with van der Waals surface area (Å²) in [6.07, 6.45) is 7.84. The lowest BCUT2D eigenvalue weighted by Gasteiger charge is -2.33. The summed E-state index contributed by atoms with van der Waals surface area (Å²) in [5.74, 6) is 0.957. The van der Waals surface area contributed by atoms with Crippen molar-refractivity contribution < 1.29 is 4.74 Å². The molecule has 2 N–H and O–H groups in total. The molecule has 3 rings (SSSR count). The van der Waals surface area contributed by atoms with Crippen LogP contribution >= 0.6 is 0 Å². The average molecular weight is 314 g/mol. The second-order valence-electron chi connectivity index (χ2n) is 6.70. The van der Waals surface area contributed by atoms with Crippen LogP contribution in [0.2, 0.25) is 0 Å². The Hall–Kier alpha value is -2.01. The summed E-state index contributed by atoms with van der Waals surface area (Å²) in [5, 5.41) is 6.97. The van der Waals surface area contributed by atoms with Crippen LogP contribution < -0.4 is 15.4 Å². The zero-order chi connectivity index (χ0) is 16.1. The fourth-order valence-electron chi connectivity index (χ4n) is 2.76. The van der Waals surface area contributed by atoms with E-state index in [9.17, 15) is 0 Å². The molecule has 5 nitrogen and oxygen atoms in total. The number of rotatable bonds is 7. The molecule has 1 aliphatic heterocycles. The van der Waals surface area contributed by atoms with Gasteiger partial charge >= 0.3 is 0 Å². The van der Waals surface area contributed by atoms with Crippen LogP contribution in [0.5, 0.6) is 5.75 Å². The first-order chi connectivity index (χ1) is 11.1. The Balaban J connectivity index is 1.39. The maximum absolute atomic E-state index is 5.98. The molecule has 23 heavy (non-hydrogen) atoms. The maximum atomic E-state index is 5.98. The molecule has 0 aliphatic carbocycles. The lowest BCUT2D eigenvalue weighted by molar-refractivity contribution is 0.116. The molecule has 0 saturated heterocycles. The van der Waals surface area contributed by atoms with Gasteiger partial charge in [-0.15, -0.1) is 0 Å². The number of aryl methyl sites for hydroxylation is 1. The van der Waals surface area contributed by atoms with Gasteiger partial charge < -0.3 is 19.9 Å². The average Bonchev–Trinajstić information content (AvgIpc) is 3.03. The molecule has 1 aromatic heterocycles. The summed E-state index contributed by atoms with van der Waals surface area (Å²) in [5.41, 5.74) is 2.31. The molecule has 0 saturated carbocycles. The highest BCUT2D eigenvalue weighted by atomic mass is 16.5. The van der Waals surface area contributed by atoms with Crippen molar-refractivity contribution >= 4 is 5.69 Å². The van der Waals surface area contributed by atoms with Gasteiger partial charge in [0, 0.05) is 18.9 Å². The summed E-state index contributed by atoms with van der Waals surface area (Å²) in [6, 6.07) is 6.45. The summed E-state index contributed by atoms with van der Waals surface area (Å²) in [6.45, 7) is 8.09. The normalized spacial score (nSPS) is 15.6. The number of fused-ring (bicyclic) bond motifs is 1. The lowest BCUT2D eigenvalue weighted by atomic mass is 10.0. The Morgan fingerprint density at radius 2 is 2.26 bits per heavy atom. The first-order valence-electron chi connectivity index (χ1n) is 8.35. The number of benzene rings is 1. The maximum Gasteiger partial charge on any atom is 0.143 e. The summed E-state index contributed by atoms with van der Waals surface area (Å²) in [4.78, 5) is 4.05. The van der Waals surface area contributed by atoms with E-state index < -0.39 is 0 Å². The predicted octanol–water partition coefficient (Wildman–Crippen LogP) is 2.69. The second kappa shape index (κ2) is 7.04. The predicted molar refractivity (Wildman–Crippen MR) is 93.1 cm³/mol. The lowest BCUT2D eigenvalue weighted by Crippen LogP contribution is -2.40. The highest BCUT2D eigenvalue weighted by Gasteiger charge is 2.25. The van der Waals surface area contributed by atoms with Gasteiger partial charge in [-0.2, -0.15) is 0 Å². The van der Waals surface area contributed by atoms with E-state index in [1.54, 1.807) is 0 Å². The highest BCUT2D eigenvalue weighted by molar-refractivity contribution is 5.60. The second-order valence-corrected chi connectivity index (χ2v) is 6.70. The molecule has 1 aliphatic rings. The van der Waals surface area contributed by atoms with Crippen LogP contribution in [0, 0.1) is 0 Å². The quantitative estimate of drug-likeness (QED) is 0.772. The van der Waals surface area contributed by atoms with Crippen molar-refractivity contribution in [1.82, 2.24) is 14.9 Å². The first kappa shape index (κ1) is 15.9. The number of hydrogen-bond donors (Lipinski definition) is 2. The van der Waals surface area contributed by atoms with E-state index in [1.807, 2.05) is 18.7 Å². The Bertz CT molecular complexity index is 622. The van der Waals surface area contributed by atoms with E-state index in [0.29, 0.717) is 0 Å². The molecule has 0 bridgehead atoms. The topological polar surface area (TPSA) is 51.1 Å². The molecular weight excluding hydrogens is 288 g/mol. The largest absolute Gasteiger partial charge is 0.484 e. The summed E-state index contributed by atoms with van der Waals surface area (Å²) < 4.78 is 8.09. The number of nitrogens with zero attached hydrogens (tertiary/aromatic N) is 2. The summed E-state index contributed by atoms with van der Waals surface area (Å²) in [7, 11) is 0. The van der Waals surface area contributed by atoms with E-state index in [-0.39, 0.29) is 5.60 Å². The molecule has 124 valence electrons. The van der Waals surface area contributed by atoms with Gasteiger partial charge in [0.1, 0.15) is 11.4 Å². The molecule has 0 fully saturated rings. The molecule has 0 amide bonds. The molecule has 1 aromatic carbocycles. The van der Waals surface area contributed by atoms with Crippen molar-refractivity contribution in [1.29, 1.82) is 0 Å². The van der Waals surface area contributed by atoms with Gasteiger partial charge in [-0.25, -0.2) is 4.98 Å². The van der Waals surface area contributed by atoms with E-state index >= 15 is 0 Å². The Labute approximate surface area is 138 Å². The van der Waals surface area contributed by atoms with Crippen molar-refractivity contribution in [3.63, 3.8) is 0 Å². The first-order valence-corrected chi connectivity index (χ1v) is 8.35. The minimum absolute atomic E-state index is 0.134. The minimum atomic E-state index is -0.134.